The number of hydrogen-bond acceptors (Lipinski definition) is 2. The number of nitrogens with zero attached hydrogens (tertiary/aromatic N) is 2. The minimum atomic E-state index is 0.751. The molecule has 0 fully saturated rings. The maximum Gasteiger partial charge on any atom is 0.137 e. The Morgan fingerprint density at radius 2 is 1.95 bits per heavy atom. The number of benzene rings is 1. The predicted octanol–water partition coefficient (Wildman–Crippen LogP) is 4.86. The lowest BCUT2D eigenvalue weighted by atomic mass is 10.2. The van der Waals surface area contributed by atoms with Crippen LogP contribution in [0.3, 0.4) is 0 Å². The molecule has 2 heterocycles. The molecule has 0 bridgehead atoms. The zero-order valence-corrected chi connectivity index (χ0v) is 13.7. The second-order valence-electron chi connectivity index (χ2n) is 5.07. The third kappa shape index (κ3) is 2.95. The maximum atomic E-state index is 5.60. The Hall–Kier alpha value is -1.81. The summed E-state index contributed by atoms with van der Waals surface area (Å²) in [6.45, 7) is 4.92. The van der Waals surface area contributed by atoms with E-state index in [2.05, 4.69) is 53.0 Å². The minimum Gasteiger partial charge on any atom is -0.494 e. The molecule has 3 aromatic rings. The van der Waals surface area contributed by atoms with Crippen molar-refractivity contribution in [3.8, 4) is 17.0 Å². The fourth-order valence-corrected chi connectivity index (χ4v) is 2.52. The number of ether oxygens (including phenoxy) is 1. The van der Waals surface area contributed by atoms with Crippen LogP contribution in [0.15, 0.2) is 47.2 Å². The largest absolute Gasteiger partial charge is 0.494 e. The summed E-state index contributed by atoms with van der Waals surface area (Å²) in [5, 5.41) is 0. The second-order valence-corrected chi connectivity index (χ2v) is 5.92. The first-order valence-corrected chi connectivity index (χ1v) is 7.85. The van der Waals surface area contributed by atoms with Crippen LogP contribution in [0, 0.1) is 6.92 Å². The van der Waals surface area contributed by atoms with Gasteiger partial charge in [0.05, 0.1) is 12.3 Å². The van der Waals surface area contributed by atoms with Crippen LogP contribution >= 0.6 is 15.9 Å². The standard InChI is InChI=1S/C17H17BrN2O/c1-3-8-21-14-6-4-13(5-7-14)16-11-20-10-15(18)12(2)9-17(20)19-16/h4-7,9-11H,3,8H2,1-2H3. The Morgan fingerprint density at radius 3 is 2.67 bits per heavy atom. The van der Waals surface area contributed by atoms with Gasteiger partial charge in [-0.1, -0.05) is 6.92 Å². The highest BCUT2D eigenvalue weighted by Crippen LogP contribution is 2.24. The molecule has 0 amide bonds. The van der Waals surface area contributed by atoms with E-state index in [0.717, 1.165) is 40.2 Å². The number of fused-ring (bicyclic) bond motifs is 1. The molecule has 0 atom stereocenters. The lowest BCUT2D eigenvalue weighted by molar-refractivity contribution is 0.317. The molecule has 0 aliphatic rings. The number of hydrogen-bond donors (Lipinski definition) is 0. The fourth-order valence-electron chi connectivity index (χ4n) is 2.19. The summed E-state index contributed by atoms with van der Waals surface area (Å²) in [4.78, 5) is 4.68. The van der Waals surface area contributed by atoms with Gasteiger partial charge in [0.1, 0.15) is 11.4 Å². The number of aryl methyl sites for hydroxylation is 1. The lowest BCUT2D eigenvalue weighted by Crippen LogP contribution is -1.94. The molecule has 1 aromatic carbocycles. The quantitative estimate of drug-likeness (QED) is 0.675. The van der Waals surface area contributed by atoms with E-state index >= 15 is 0 Å². The SMILES string of the molecule is CCCOc1ccc(-c2cn3cc(Br)c(C)cc3n2)cc1. The van der Waals surface area contributed by atoms with E-state index in [4.69, 9.17) is 4.74 Å². The van der Waals surface area contributed by atoms with Crippen molar-refractivity contribution in [2.24, 2.45) is 0 Å². The first kappa shape index (κ1) is 14.1. The maximum absolute atomic E-state index is 5.60. The monoisotopic (exact) mass is 344 g/mol. The van der Waals surface area contributed by atoms with Gasteiger partial charge in [-0.05, 0) is 65.2 Å². The van der Waals surface area contributed by atoms with Gasteiger partial charge in [-0.25, -0.2) is 4.98 Å². The van der Waals surface area contributed by atoms with Crippen molar-refractivity contribution in [1.29, 1.82) is 0 Å². The van der Waals surface area contributed by atoms with Crippen LogP contribution in [0.1, 0.15) is 18.9 Å². The van der Waals surface area contributed by atoms with Gasteiger partial charge in [-0.15, -0.1) is 0 Å². The van der Waals surface area contributed by atoms with Gasteiger partial charge in [-0.3, -0.25) is 0 Å². The van der Waals surface area contributed by atoms with E-state index in [-0.39, 0.29) is 0 Å². The topological polar surface area (TPSA) is 26.5 Å². The molecule has 4 heteroatoms. The molecule has 3 nitrogen and oxygen atoms in total. The van der Waals surface area contributed by atoms with E-state index in [0.29, 0.717) is 0 Å². The molecule has 0 radical (unpaired) electrons. The van der Waals surface area contributed by atoms with Gasteiger partial charge >= 0.3 is 0 Å². The third-order valence-corrected chi connectivity index (χ3v) is 4.19. The van der Waals surface area contributed by atoms with E-state index in [1.54, 1.807) is 0 Å². The predicted molar refractivity (Wildman–Crippen MR) is 88.9 cm³/mol. The Labute approximate surface area is 132 Å². The number of halogens is 1. The fraction of sp³-hybridized carbons (Fsp3) is 0.235. The molecule has 0 aliphatic carbocycles. The first-order valence-electron chi connectivity index (χ1n) is 7.05. The van der Waals surface area contributed by atoms with E-state index in [9.17, 15) is 0 Å². The Morgan fingerprint density at radius 1 is 1.19 bits per heavy atom. The third-order valence-electron chi connectivity index (χ3n) is 3.36. The van der Waals surface area contributed by atoms with Crippen LogP contribution in [-0.4, -0.2) is 16.0 Å². The molecule has 0 unspecified atom stereocenters. The average Bonchev–Trinajstić information content (AvgIpc) is 2.89. The molecule has 0 N–H and O–H groups in total. The summed E-state index contributed by atoms with van der Waals surface area (Å²) < 4.78 is 8.73. The van der Waals surface area contributed by atoms with E-state index < -0.39 is 0 Å². The molecule has 21 heavy (non-hydrogen) atoms. The van der Waals surface area contributed by atoms with Crippen molar-refractivity contribution in [3.63, 3.8) is 0 Å². The lowest BCUT2D eigenvalue weighted by Gasteiger charge is -2.04. The normalized spacial score (nSPS) is 11.0. The Kier molecular flexibility index (Phi) is 3.97. The van der Waals surface area contributed by atoms with Crippen LogP contribution in [0.2, 0.25) is 0 Å². The zero-order chi connectivity index (χ0) is 14.8. The van der Waals surface area contributed by atoms with E-state index in [1.807, 2.05) is 28.9 Å². The molecule has 108 valence electrons. The molecular formula is C17H17BrN2O. The van der Waals surface area contributed by atoms with Crippen molar-refractivity contribution in [1.82, 2.24) is 9.38 Å². The number of imidazole rings is 1. The Bertz CT molecular complexity index is 723. The van der Waals surface area contributed by atoms with Crippen LogP contribution in [-0.2, 0) is 0 Å². The number of aromatic nitrogens is 2. The molecule has 0 saturated heterocycles. The first-order chi connectivity index (χ1) is 10.2. The zero-order valence-electron chi connectivity index (χ0n) is 12.1. The summed E-state index contributed by atoms with van der Waals surface area (Å²) in [6, 6.07) is 10.2. The van der Waals surface area contributed by atoms with Gasteiger partial charge in [0.2, 0.25) is 0 Å². The summed E-state index contributed by atoms with van der Waals surface area (Å²) >= 11 is 3.55. The summed E-state index contributed by atoms with van der Waals surface area (Å²) in [5.41, 5.74) is 4.20. The molecule has 0 saturated carbocycles. The van der Waals surface area contributed by atoms with Crippen molar-refractivity contribution < 1.29 is 4.74 Å². The Balaban J connectivity index is 1.92. The molecule has 0 spiro atoms. The van der Waals surface area contributed by atoms with Gasteiger partial charge in [0.15, 0.2) is 0 Å². The molecule has 3 rings (SSSR count). The molecule has 0 aliphatic heterocycles. The second kappa shape index (κ2) is 5.90. The summed E-state index contributed by atoms with van der Waals surface area (Å²) in [7, 11) is 0. The van der Waals surface area contributed by atoms with Crippen LogP contribution in [0.25, 0.3) is 16.9 Å². The average molecular weight is 345 g/mol. The molecule has 2 aromatic heterocycles. The van der Waals surface area contributed by atoms with Crippen molar-refractivity contribution >= 4 is 21.6 Å². The van der Waals surface area contributed by atoms with Crippen LogP contribution in [0.4, 0.5) is 0 Å². The highest BCUT2D eigenvalue weighted by Gasteiger charge is 2.06. The van der Waals surface area contributed by atoms with Gasteiger partial charge in [-0.2, -0.15) is 0 Å². The number of pyridine rings is 1. The van der Waals surface area contributed by atoms with Gasteiger partial charge in [0, 0.05) is 22.4 Å². The van der Waals surface area contributed by atoms with Gasteiger partial charge < -0.3 is 9.14 Å². The molecular weight excluding hydrogens is 328 g/mol. The van der Waals surface area contributed by atoms with Crippen molar-refractivity contribution in [3.05, 3.63) is 52.8 Å². The smallest absolute Gasteiger partial charge is 0.137 e. The summed E-state index contributed by atoms with van der Waals surface area (Å²) in [5.74, 6) is 0.906. The highest BCUT2D eigenvalue weighted by molar-refractivity contribution is 9.10. The number of rotatable bonds is 4. The minimum absolute atomic E-state index is 0.751. The van der Waals surface area contributed by atoms with Gasteiger partial charge in [0.25, 0.3) is 0 Å². The van der Waals surface area contributed by atoms with Crippen molar-refractivity contribution in [2.75, 3.05) is 6.61 Å². The van der Waals surface area contributed by atoms with Crippen LogP contribution in [0.5, 0.6) is 5.75 Å². The van der Waals surface area contributed by atoms with Crippen LogP contribution < -0.4 is 4.74 Å². The van der Waals surface area contributed by atoms with E-state index in [1.165, 1.54) is 5.56 Å². The van der Waals surface area contributed by atoms with Crippen molar-refractivity contribution in [2.45, 2.75) is 20.3 Å². The highest BCUT2D eigenvalue weighted by atomic mass is 79.9. The summed E-state index contributed by atoms with van der Waals surface area (Å²) in [6.07, 6.45) is 5.10.